The SMILES string of the molecule is Cn1nnc(CN2CCC[C@H](C3(C)OCCO3)C2)n1. The summed E-state index contributed by atoms with van der Waals surface area (Å²) in [6, 6.07) is 0. The molecule has 1 aromatic heterocycles. The molecule has 0 saturated carbocycles. The number of aryl methyl sites for hydroxylation is 1. The van der Waals surface area contributed by atoms with E-state index in [2.05, 4.69) is 27.2 Å². The smallest absolute Gasteiger partial charge is 0.188 e. The van der Waals surface area contributed by atoms with Crippen LogP contribution >= 0.6 is 0 Å². The number of hydrogen-bond acceptors (Lipinski definition) is 6. The standard InChI is InChI=1S/C12H21N5O2/c1-12(18-6-7-19-12)10-4-3-5-17(8-10)9-11-13-15-16(2)14-11/h10H,3-9H2,1-2H3/t10-/m0/s1. The van der Waals surface area contributed by atoms with Gasteiger partial charge in [-0.15, -0.1) is 10.2 Å². The van der Waals surface area contributed by atoms with Crippen LogP contribution in [0, 0.1) is 5.92 Å². The maximum atomic E-state index is 5.79. The van der Waals surface area contributed by atoms with Crippen molar-refractivity contribution < 1.29 is 9.47 Å². The zero-order valence-corrected chi connectivity index (χ0v) is 11.6. The zero-order valence-electron chi connectivity index (χ0n) is 11.6. The summed E-state index contributed by atoms with van der Waals surface area (Å²) in [6.45, 7) is 6.27. The molecule has 0 bridgehead atoms. The fourth-order valence-electron chi connectivity index (χ4n) is 2.98. The van der Waals surface area contributed by atoms with E-state index in [1.165, 1.54) is 4.80 Å². The lowest BCUT2D eigenvalue weighted by molar-refractivity contribution is -0.192. The van der Waals surface area contributed by atoms with Crippen molar-refractivity contribution in [2.75, 3.05) is 26.3 Å². The van der Waals surface area contributed by atoms with Crippen LogP contribution in [-0.4, -0.2) is 57.2 Å². The molecule has 106 valence electrons. The van der Waals surface area contributed by atoms with Crippen LogP contribution in [0.1, 0.15) is 25.6 Å². The second kappa shape index (κ2) is 5.15. The van der Waals surface area contributed by atoms with Crippen LogP contribution in [0.5, 0.6) is 0 Å². The van der Waals surface area contributed by atoms with Crippen LogP contribution in [0.25, 0.3) is 0 Å². The molecule has 1 aromatic rings. The summed E-state index contributed by atoms with van der Waals surface area (Å²) < 4.78 is 11.6. The number of ether oxygens (including phenoxy) is 2. The molecule has 0 aliphatic carbocycles. The van der Waals surface area contributed by atoms with E-state index in [-0.39, 0.29) is 0 Å². The lowest BCUT2D eigenvalue weighted by Crippen LogP contribution is -2.46. The fourth-order valence-corrected chi connectivity index (χ4v) is 2.98. The van der Waals surface area contributed by atoms with Crippen LogP contribution in [-0.2, 0) is 23.1 Å². The number of likely N-dealkylation sites (tertiary alicyclic amines) is 1. The van der Waals surface area contributed by atoms with Crippen molar-refractivity contribution in [3.05, 3.63) is 5.82 Å². The molecule has 2 aliphatic heterocycles. The summed E-state index contributed by atoms with van der Waals surface area (Å²) in [7, 11) is 1.79. The van der Waals surface area contributed by atoms with Crippen molar-refractivity contribution in [3.63, 3.8) is 0 Å². The van der Waals surface area contributed by atoms with Crippen LogP contribution < -0.4 is 0 Å². The summed E-state index contributed by atoms with van der Waals surface area (Å²) in [5, 5.41) is 12.2. The molecule has 0 unspecified atom stereocenters. The molecule has 0 spiro atoms. The zero-order chi connectivity index (χ0) is 13.3. The molecule has 0 N–H and O–H groups in total. The molecular weight excluding hydrogens is 246 g/mol. The van der Waals surface area contributed by atoms with Gasteiger partial charge in [0.2, 0.25) is 0 Å². The normalized spacial score (nSPS) is 27.8. The molecule has 0 radical (unpaired) electrons. The number of aromatic nitrogens is 4. The number of nitrogens with zero attached hydrogens (tertiary/aromatic N) is 5. The van der Waals surface area contributed by atoms with Gasteiger partial charge in [-0.3, -0.25) is 4.90 Å². The highest BCUT2D eigenvalue weighted by atomic mass is 16.7. The molecule has 1 atom stereocenters. The van der Waals surface area contributed by atoms with Gasteiger partial charge in [0.25, 0.3) is 0 Å². The van der Waals surface area contributed by atoms with E-state index in [1.54, 1.807) is 7.05 Å². The molecule has 0 aromatic carbocycles. The first-order valence-electron chi connectivity index (χ1n) is 6.89. The van der Waals surface area contributed by atoms with Crippen molar-refractivity contribution in [1.82, 2.24) is 25.1 Å². The molecular formula is C12H21N5O2. The number of piperidine rings is 1. The van der Waals surface area contributed by atoms with Crippen molar-refractivity contribution in [1.29, 1.82) is 0 Å². The molecule has 2 saturated heterocycles. The number of rotatable bonds is 3. The third-order valence-corrected chi connectivity index (χ3v) is 4.02. The second-order valence-electron chi connectivity index (χ2n) is 5.48. The minimum atomic E-state index is -0.408. The van der Waals surface area contributed by atoms with E-state index in [9.17, 15) is 0 Å². The highest BCUT2D eigenvalue weighted by molar-refractivity contribution is 4.87. The molecule has 3 heterocycles. The Balaban J connectivity index is 1.61. The van der Waals surface area contributed by atoms with Crippen LogP contribution in [0.4, 0.5) is 0 Å². The van der Waals surface area contributed by atoms with E-state index in [0.29, 0.717) is 19.1 Å². The first-order valence-corrected chi connectivity index (χ1v) is 6.89. The van der Waals surface area contributed by atoms with Gasteiger partial charge >= 0.3 is 0 Å². The third-order valence-electron chi connectivity index (χ3n) is 4.02. The maximum absolute atomic E-state index is 5.79. The van der Waals surface area contributed by atoms with Gasteiger partial charge in [-0.25, -0.2) is 0 Å². The Hall–Kier alpha value is -1.05. The van der Waals surface area contributed by atoms with Crippen LogP contribution in [0.2, 0.25) is 0 Å². The fraction of sp³-hybridized carbons (Fsp3) is 0.917. The van der Waals surface area contributed by atoms with E-state index in [4.69, 9.17) is 9.47 Å². The minimum absolute atomic E-state index is 0.408. The highest BCUT2D eigenvalue weighted by Gasteiger charge is 2.41. The van der Waals surface area contributed by atoms with Crippen molar-refractivity contribution in [2.24, 2.45) is 13.0 Å². The average Bonchev–Trinajstić information content (AvgIpc) is 3.00. The Morgan fingerprint density at radius 2 is 2.16 bits per heavy atom. The van der Waals surface area contributed by atoms with Crippen molar-refractivity contribution in [3.8, 4) is 0 Å². The molecule has 2 aliphatic rings. The number of hydrogen-bond donors (Lipinski definition) is 0. The van der Waals surface area contributed by atoms with E-state index in [1.807, 2.05) is 0 Å². The van der Waals surface area contributed by atoms with Gasteiger partial charge in [0.15, 0.2) is 11.6 Å². The predicted octanol–water partition coefficient (Wildman–Crippen LogP) is 0.185. The van der Waals surface area contributed by atoms with E-state index >= 15 is 0 Å². The maximum Gasteiger partial charge on any atom is 0.188 e. The summed E-state index contributed by atoms with van der Waals surface area (Å²) in [5.74, 6) is 0.788. The Labute approximate surface area is 112 Å². The first kappa shape index (κ1) is 13.0. The van der Waals surface area contributed by atoms with Gasteiger partial charge in [0.05, 0.1) is 26.8 Å². The van der Waals surface area contributed by atoms with Gasteiger partial charge in [-0.05, 0) is 31.5 Å². The molecule has 7 nitrogen and oxygen atoms in total. The lowest BCUT2D eigenvalue weighted by Gasteiger charge is -2.39. The minimum Gasteiger partial charge on any atom is -0.347 e. The van der Waals surface area contributed by atoms with Crippen LogP contribution in [0.3, 0.4) is 0 Å². The largest absolute Gasteiger partial charge is 0.347 e. The van der Waals surface area contributed by atoms with Gasteiger partial charge in [0, 0.05) is 12.5 Å². The van der Waals surface area contributed by atoms with Crippen molar-refractivity contribution in [2.45, 2.75) is 32.1 Å². The van der Waals surface area contributed by atoms with Crippen molar-refractivity contribution >= 4 is 0 Å². The summed E-state index contributed by atoms with van der Waals surface area (Å²) in [4.78, 5) is 3.86. The first-order chi connectivity index (χ1) is 9.16. The van der Waals surface area contributed by atoms with Gasteiger partial charge in [-0.1, -0.05) is 0 Å². The Bertz CT molecular complexity index is 430. The third kappa shape index (κ3) is 2.77. The molecule has 19 heavy (non-hydrogen) atoms. The Morgan fingerprint density at radius 3 is 2.84 bits per heavy atom. The average molecular weight is 267 g/mol. The summed E-state index contributed by atoms with van der Waals surface area (Å²) >= 11 is 0. The molecule has 7 heteroatoms. The molecule has 3 rings (SSSR count). The van der Waals surface area contributed by atoms with Gasteiger partial charge in [0.1, 0.15) is 0 Å². The van der Waals surface area contributed by atoms with Gasteiger partial charge < -0.3 is 9.47 Å². The van der Waals surface area contributed by atoms with Gasteiger partial charge in [-0.2, -0.15) is 4.80 Å². The molecule has 2 fully saturated rings. The van der Waals surface area contributed by atoms with Crippen LogP contribution in [0.15, 0.2) is 0 Å². The molecule has 0 amide bonds. The quantitative estimate of drug-likeness (QED) is 0.778. The Kier molecular flexibility index (Phi) is 3.51. The monoisotopic (exact) mass is 267 g/mol. The Morgan fingerprint density at radius 1 is 1.37 bits per heavy atom. The predicted molar refractivity (Wildman–Crippen MR) is 67.1 cm³/mol. The summed E-state index contributed by atoms with van der Waals surface area (Å²) in [6.07, 6.45) is 2.31. The topological polar surface area (TPSA) is 65.3 Å². The second-order valence-corrected chi connectivity index (χ2v) is 5.48. The lowest BCUT2D eigenvalue weighted by atomic mass is 9.90. The van der Waals surface area contributed by atoms with E-state index < -0.39 is 5.79 Å². The number of tetrazole rings is 1. The summed E-state index contributed by atoms with van der Waals surface area (Å²) in [5.41, 5.74) is 0. The highest BCUT2D eigenvalue weighted by Crippen LogP contribution is 2.34. The van der Waals surface area contributed by atoms with E-state index in [0.717, 1.165) is 38.3 Å².